The van der Waals surface area contributed by atoms with Gasteiger partial charge in [0, 0.05) is 17.2 Å². The number of aromatic nitrogens is 1. The van der Waals surface area contributed by atoms with E-state index in [1.165, 1.54) is 7.11 Å². The number of oxazole rings is 1. The normalized spacial score (nSPS) is 10.5. The fourth-order valence-electron chi connectivity index (χ4n) is 3.25. The first kappa shape index (κ1) is 21.0. The first-order valence-electron chi connectivity index (χ1n) is 9.86. The van der Waals surface area contributed by atoms with Crippen molar-refractivity contribution in [3.8, 4) is 40.0 Å². The molecule has 4 rings (SSSR count). The van der Waals surface area contributed by atoms with Gasteiger partial charge in [-0.2, -0.15) is 0 Å². The van der Waals surface area contributed by atoms with Gasteiger partial charge in [0.2, 0.25) is 5.89 Å². The van der Waals surface area contributed by atoms with Gasteiger partial charge < -0.3 is 23.9 Å². The summed E-state index contributed by atoms with van der Waals surface area (Å²) in [5.74, 6) is 2.51. The summed E-state index contributed by atoms with van der Waals surface area (Å²) in [7, 11) is 4.72. The molecule has 162 valence electrons. The summed E-state index contributed by atoms with van der Waals surface area (Å²) < 4.78 is 21.7. The van der Waals surface area contributed by atoms with Crippen molar-refractivity contribution in [1.82, 2.24) is 4.98 Å². The van der Waals surface area contributed by atoms with Crippen molar-refractivity contribution in [2.24, 2.45) is 0 Å². The van der Waals surface area contributed by atoms with Gasteiger partial charge in [0.15, 0.2) is 5.76 Å². The van der Waals surface area contributed by atoms with E-state index in [1.807, 2.05) is 30.3 Å². The van der Waals surface area contributed by atoms with Crippen LogP contribution in [-0.2, 0) is 0 Å². The summed E-state index contributed by atoms with van der Waals surface area (Å²) in [5, 5.41) is 2.89. The van der Waals surface area contributed by atoms with Crippen LogP contribution in [-0.4, -0.2) is 32.2 Å². The second kappa shape index (κ2) is 9.26. The van der Waals surface area contributed by atoms with Crippen LogP contribution in [0, 0.1) is 0 Å². The molecule has 1 amide bonds. The third kappa shape index (κ3) is 4.27. The number of nitrogens with zero attached hydrogens (tertiary/aromatic N) is 1. The predicted octanol–water partition coefficient (Wildman–Crippen LogP) is 5.29. The molecule has 7 heteroatoms. The summed E-state index contributed by atoms with van der Waals surface area (Å²) in [6.45, 7) is 0. The number of nitrogens with one attached hydrogen (secondary N) is 1. The Balaban J connectivity index is 1.62. The maximum absolute atomic E-state index is 13.1. The summed E-state index contributed by atoms with van der Waals surface area (Å²) >= 11 is 0. The first-order valence-corrected chi connectivity index (χ1v) is 9.86. The van der Waals surface area contributed by atoms with Crippen molar-refractivity contribution in [3.05, 3.63) is 78.5 Å². The molecule has 7 nitrogen and oxygen atoms in total. The standard InChI is InChI=1S/C25H22N2O5/c1-29-17-10-8-16(9-11-17)23-15-26-25(32-23)20-7-5-4-6-19(20)24(28)27-21-13-12-18(30-2)14-22(21)31-3/h4-15H,1-3H3,(H,27,28). The zero-order valence-electron chi connectivity index (χ0n) is 17.9. The van der Waals surface area contributed by atoms with E-state index in [-0.39, 0.29) is 5.91 Å². The number of carbonyl (C=O) groups is 1. The van der Waals surface area contributed by atoms with E-state index in [4.69, 9.17) is 18.6 Å². The summed E-state index contributed by atoms with van der Waals surface area (Å²) in [6.07, 6.45) is 1.64. The number of anilines is 1. The smallest absolute Gasteiger partial charge is 0.256 e. The maximum atomic E-state index is 13.1. The Kier molecular flexibility index (Phi) is 6.07. The molecule has 0 fully saturated rings. The number of ether oxygens (including phenoxy) is 3. The second-order valence-electron chi connectivity index (χ2n) is 6.82. The lowest BCUT2D eigenvalue weighted by Crippen LogP contribution is -2.14. The minimum Gasteiger partial charge on any atom is -0.497 e. The van der Waals surface area contributed by atoms with Crippen LogP contribution >= 0.6 is 0 Å². The highest BCUT2D eigenvalue weighted by molar-refractivity contribution is 6.08. The van der Waals surface area contributed by atoms with E-state index >= 15 is 0 Å². The highest BCUT2D eigenvalue weighted by Gasteiger charge is 2.18. The quantitative estimate of drug-likeness (QED) is 0.429. The number of benzene rings is 3. The Labute approximate surface area is 185 Å². The molecule has 0 atom stereocenters. The second-order valence-corrected chi connectivity index (χ2v) is 6.82. The Morgan fingerprint density at radius 1 is 0.875 bits per heavy atom. The maximum Gasteiger partial charge on any atom is 0.256 e. The molecule has 1 N–H and O–H groups in total. The van der Waals surface area contributed by atoms with Gasteiger partial charge in [-0.15, -0.1) is 0 Å². The minimum absolute atomic E-state index is 0.312. The van der Waals surface area contributed by atoms with Crippen LogP contribution in [0.25, 0.3) is 22.8 Å². The molecular formula is C25H22N2O5. The number of amides is 1. The zero-order valence-corrected chi connectivity index (χ0v) is 17.9. The number of hydrogen-bond donors (Lipinski definition) is 1. The minimum atomic E-state index is -0.312. The predicted molar refractivity (Wildman–Crippen MR) is 121 cm³/mol. The zero-order chi connectivity index (χ0) is 22.5. The van der Waals surface area contributed by atoms with Crippen molar-refractivity contribution in [2.45, 2.75) is 0 Å². The SMILES string of the molecule is COc1ccc(-c2cnc(-c3ccccc3C(=O)Nc3ccc(OC)cc3OC)o2)cc1. The largest absolute Gasteiger partial charge is 0.497 e. The van der Waals surface area contributed by atoms with Gasteiger partial charge in [-0.25, -0.2) is 4.98 Å². The van der Waals surface area contributed by atoms with Crippen LogP contribution in [0.15, 0.2) is 77.3 Å². The third-order valence-electron chi connectivity index (χ3n) is 4.94. The molecule has 0 unspecified atom stereocenters. The molecule has 0 bridgehead atoms. The third-order valence-corrected chi connectivity index (χ3v) is 4.94. The Morgan fingerprint density at radius 2 is 1.59 bits per heavy atom. The first-order chi connectivity index (χ1) is 15.6. The van der Waals surface area contributed by atoms with E-state index in [0.717, 1.165) is 11.3 Å². The van der Waals surface area contributed by atoms with Gasteiger partial charge in [-0.05, 0) is 48.5 Å². The monoisotopic (exact) mass is 430 g/mol. The van der Waals surface area contributed by atoms with Gasteiger partial charge in [0.1, 0.15) is 17.2 Å². The van der Waals surface area contributed by atoms with Gasteiger partial charge in [0.05, 0.1) is 38.8 Å². The molecule has 1 aromatic heterocycles. The van der Waals surface area contributed by atoms with Crippen LogP contribution in [0.1, 0.15) is 10.4 Å². The Morgan fingerprint density at radius 3 is 2.31 bits per heavy atom. The molecule has 32 heavy (non-hydrogen) atoms. The van der Waals surface area contributed by atoms with E-state index in [0.29, 0.717) is 40.0 Å². The lowest BCUT2D eigenvalue weighted by atomic mass is 10.1. The topological polar surface area (TPSA) is 82.8 Å². The van der Waals surface area contributed by atoms with Crippen molar-refractivity contribution in [1.29, 1.82) is 0 Å². The van der Waals surface area contributed by atoms with Crippen molar-refractivity contribution >= 4 is 11.6 Å². The highest BCUT2D eigenvalue weighted by atomic mass is 16.5. The summed E-state index contributed by atoms with van der Waals surface area (Å²) in [6, 6.07) is 19.8. The van der Waals surface area contributed by atoms with E-state index < -0.39 is 0 Å². The lowest BCUT2D eigenvalue weighted by Gasteiger charge is -2.12. The Hall–Kier alpha value is -4.26. The average Bonchev–Trinajstić information content (AvgIpc) is 3.34. The highest BCUT2D eigenvalue weighted by Crippen LogP contribution is 2.32. The lowest BCUT2D eigenvalue weighted by molar-refractivity contribution is 0.102. The number of hydrogen-bond acceptors (Lipinski definition) is 6. The van der Waals surface area contributed by atoms with Crippen LogP contribution < -0.4 is 19.5 Å². The molecule has 4 aromatic rings. The molecule has 1 heterocycles. The van der Waals surface area contributed by atoms with Crippen LogP contribution in [0.5, 0.6) is 17.2 Å². The van der Waals surface area contributed by atoms with E-state index in [9.17, 15) is 4.79 Å². The van der Waals surface area contributed by atoms with Gasteiger partial charge in [0.25, 0.3) is 5.91 Å². The number of methoxy groups -OCH3 is 3. The Bertz CT molecular complexity index is 1230. The molecule has 0 saturated carbocycles. The fourth-order valence-corrected chi connectivity index (χ4v) is 3.25. The molecule has 0 aliphatic heterocycles. The molecule has 0 spiro atoms. The molecule has 0 saturated heterocycles. The van der Waals surface area contributed by atoms with Gasteiger partial charge in [-0.1, -0.05) is 12.1 Å². The number of rotatable bonds is 7. The van der Waals surface area contributed by atoms with Crippen molar-refractivity contribution in [3.63, 3.8) is 0 Å². The average molecular weight is 430 g/mol. The summed E-state index contributed by atoms with van der Waals surface area (Å²) in [5.41, 5.74) is 2.39. The van der Waals surface area contributed by atoms with Crippen LogP contribution in [0.3, 0.4) is 0 Å². The molecular weight excluding hydrogens is 408 g/mol. The molecule has 0 radical (unpaired) electrons. The van der Waals surface area contributed by atoms with Crippen molar-refractivity contribution in [2.75, 3.05) is 26.6 Å². The van der Waals surface area contributed by atoms with E-state index in [1.54, 1.807) is 56.8 Å². The fraction of sp³-hybridized carbons (Fsp3) is 0.120. The molecule has 3 aromatic carbocycles. The van der Waals surface area contributed by atoms with Gasteiger partial charge in [-0.3, -0.25) is 4.79 Å². The summed E-state index contributed by atoms with van der Waals surface area (Å²) in [4.78, 5) is 17.5. The van der Waals surface area contributed by atoms with Crippen molar-refractivity contribution < 1.29 is 23.4 Å². The number of carbonyl (C=O) groups excluding carboxylic acids is 1. The van der Waals surface area contributed by atoms with E-state index in [2.05, 4.69) is 10.3 Å². The van der Waals surface area contributed by atoms with Crippen LogP contribution in [0.2, 0.25) is 0 Å². The molecule has 0 aliphatic rings. The molecule has 0 aliphatic carbocycles. The van der Waals surface area contributed by atoms with Crippen LogP contribution in [0.4, 0.5) is 5.69 Å². The van der Waals surface area contributed by atoms with Gasteiger partial charge >= 0.3 is 0 Å².